The molecule has 1 aliphatic rings. The van der Waals surface area contributed by atoms with Crippen LogP contribution in [-0.2, 0) is 4.79 Å². The van der Waals surface area contributed by atoms with Gasteiger partial charge in [0.15, 0.2) is 0 Å². The minimum absolute atomic E-state index is 0.00563. The number of Topliss-reactive ketones (excluding diaryl/α,β-unsaturated/α-hetero) is 1. The normalized spacial score (nSPS) is 19.3. The molecule has 0 aromatic carbocycles. The first-order chi connectivity index (χ1) is 5.57. The third-order valence-corrected chi connectivity index (χ3v) is 2.51. The Morgan fingerprint density at radius 2 is 2.00 bits per heavy atom. The summed E-state index contributed by atoms with van der Waals surface area (Å²) >= 11 is 0. The summed E-state index contributed by atoms with van der Waals surface area (Å²) in [7, 11) is 4.04. The molecular weight excluding hydrogens is 150 g/mol. The van der Waals surface area contributed by atoms with E-state index < -0.39 is 0 Å². The van der Waals surface area contributed by atoms with Crippen LogP contribution in [0.25, 0.3) is 0 Å². The summed E-state index contributed by atoms with van der Waals surface area (Å²) in [4.78, 5) is 12.8. The molecule has 0 aromatic heterocycles. The van der Waals surface area contributed by atoms with Crippen molar-refractivity contribution in [3.05, 3.63) is 0 Å². The van der Waals surface area contributed by atoms with Gasteiger partial charge in [-0.25, -0.2) is 0 Å². The highest BCUT2D eigenvalue weighted by Gasteiger charge is 2.37. The molecule has 1 aliphatic carbocycles. The van der Waals surface area contributed by atoms with Crippen LogP contribution in [0, 0.1) is 11.8 Å². The maximum absolute atomic E-state index is 10.7. The average Bonchev–Trinajstić information content (AvgIpc) is 1.83. The van der Waals surface area contributed by atoms with E-state index >= 15 is 0 Å². The van der Waals surface area contributed by atoms with Crippen LogP contribution in [0.1, 0.15) is 26.2 Å². The SMILES string of the molecule is CC(=O)C#CC1(N(C)C)CCC1. The number of nitrogens with zero attached hydrogens (tertiary/aromatic N) is 1. The van der Waals surface area contributed by atoms with Crippen molar-refractivity contribution in [2.45, 2.75) is 31.7 Å². The molecule has 0 aromatic rings. The van der Waals surface area contributed by atoms with Gasteiger partial charge in [-0.2, -0.15) is 0 Å². The molecule has 2 heteroatoms. The van der Waals surface area contributed by atoms with Crippen molar-refractivity contribution >= 4 is 5.78 Å². The summed E-state index contributed by atoms with van der Waals surface area (Å²) in [6, 6.07) is 0. The van der Waals surface area contributed by atoms with Gasteiger partial charge in [0, 0.05) is 6.92 Å². The van der Waals surface area contributed by atoms with Crippen LogP contribution in [0.5, 0.6) is 0 Å². The maximum Gasteiger partial charge on any atom is 0.202 e. The van der Waals surface area contributed by atoms with Crippen LogP contribution >= 0.6 is 0 Å². The number of hydrogen-bond acceptors (Lipinski definition) is 2. The summed E-state index contributed by atoms with van der Waals surface area (Å²) in [5.41, 5.74) is 0.00563. The van der Waals surface area contributed by atoms with Gasteiger partial charge in [0.2, 0.25) is 5.78 Å². The lowest BCUT2D eigenvalue weighted by Crippen LogP contribution is -2.48. The second kappa shape index (κ2) is 3.28. The summed E-state index contributed by atoms with van der Waals surface area (Å²) in [5, 5.41) is 0. The lowest BCUT2D eigenvalue weighted by atomic mass is 9.76. The van der Waals surface area contributed by atoms with Gasteiger partial charge in [-0.3, -0.25) is 9.69 Å². The van der Waals surface area contributed by atoms with Gasteiger partial charge >= 0.3 is 0 Å². The Kier molecular flexibility index (Phi) is 2.54. The Labute approximate surface area is 73.9 Å². The molecule has 2 nitrogen and oxygen atoms in total. The van der Waals surface area contributed by atoms with Gasteiger partial charge in [-0.1, -0.05) is 5.92 Å². The highest BCUT2D eigenvalue weighted by atomic mass is 16.1. The summed E-state index contributed by atoms with van der Waals surface area (Å²) in [6.07, 6.45) is 3.42. The van der Waals surface area contributed by atoms with Gasteiger partial charge in [0.25, 0.3) is 0 Å². The van der Waals surface area contributed by atoms with E-state index in [2.05, 4.69) is 16.7 Å². The van der Waals surface area contributed by atoms with Crippen molar-refractivity contribution in [2.75, 3.05) is 14.1 Å². The second-order valence-electron chi connectivity index (χ2n) is 3.59. The third kappa shape index (κ3) is 1.67. The largest absolute Gasteiger partial charge is 0.293 e. The average molecular weight is 165 g/mol. The molecule has 0 aliphatic heterocycles. The van der Waals surface area contributed by atoms with Crippen molar-refractivity contribution in [1.29, 1.82) is 0 Å². The van der Waals surface area contributed by atoms with Crippen LogP contribution in [0.4, 0.5) is 0 Å². The van der Waals surface area contributed by atoms with E-state index in [9.17, 15) is 4.79 Å². The summed E-state index contributed by atoms with van der Waals surface area (Å²) in [6.45, 7) is 1.51. The Morgan fingerprint density at radius 3 is 2.25 bits per heavy atom. The van der Waals surface area contributed by atoms with E-state index in [4.69, 9.17) is 0 Å². The molecule has 0 saturated heterocycles. The molecule has 1 rings (SSSR count). The number of hydrogen-bond donors (Lipinski definition) is 0. The maximum atomic E-state index is 10.7. The predicted molar refractivity (Wildman–Crippen MR) is 48.7 cm³/mol. The first-order valence-corrected chi connectivity index (χ1v) is 4.28. The van der Waals surface area contributed by atoms with Crippen molar-refractivity contribution in [3.63, 3.8) is 0 Å². The summed E-state index contributed by atoms with van der Waals surface area (Å²) < 4.78 is 0. The molecule has 12 heavy (non-hydrogen) atoms. The fraction of sp³-hybridized carbons (Fsp3) is 0.700. The van der Waals surface area contributed by atoms with Gasteiger partial charge in [0.1, 0.15) is 0 Å². The van der Waals surface area contributed by atoms with Crippen molar-refractivity contribution < 1.29 is 4.79 Å². The van der Waals surface area contributed by atoms with E-state index in [1.165, 1.54) is 13.3 Å². The quantitative estimate of drug-likeness (QED) is 0.428. The minimum Gasteiger partial charge on any atom is -0.293 e. The third-order valence-electron chi connectivity index (χ3n) is 2.51. The van der Waals surface area contributed by atoms with Crippen molar-refractivity contribution in [2.24, 2.45) is 0 Å². The zero-order valence-corrected chi connectivity index (χ0v) is 7.98. The van der Waals surface area contributed by atoms with E-state index in [0.29, 0.717) is 0 Å². The van der Waals surface area contributed by atoms with Crippen LogP contribution in [0.3, 0.4) is 0 Å². The van der Waals surface area contributed by atoms with Gasteiger partial charge in [0.05, 0.1) is 5.54 Å². The standard InChI is InChI=1S/C10H15NO/c1-9(12)5-8-10(11(2)3)6-4-7-10/h4,6-7H2,1-3H3. The molecule has 66 valence electrons. The lowest BCUT2D eigenvalue weighted by molar-refractivity contribution is -0.111. The Balaban J connectivity index is 2.70. The van der Waals surface area contributed by atoms with Gasteiger partial charge < -0.3 is 0 Å². The first kappa shape index (κ1) is 9.28. The molecule has 0 radical (unpaired) electrons. The molecule has 0 atom stereocenters. The molecule has 0 spiro atoms. The molecule has 0 N–H and O–H groups in total. The number of rotatable bonds is 1. The van der Waals surface area contributed by atoms with E-state index in [1.807, 2.05) is 14.1 Å². The van der Waals surface area contributed by atoms with E-state index in [0.717, 1.165) is 12.8 Å². The Hall–Kier alpha value is -0.810. The predicted octanol–water partition coefficient (Wildman–Crippen LogP) is 1.06. The lowest BCUT2D eigenvalue weighted by Gasteiger charge is -2.42. The van der Waals surface area contributed by atoms with Gasteiger partial charge in [-0.05, 0) is 39.3 Å². The molecule has 0 amide bonds. The minimum atomic E-state index is -0.0388. The molecule has 1 fully saturated rings. The zero-order valence-electron chi connectivity index (χ0n) is 7.98. The molecule has 0 unspecified atom stereocenters. The molecule has 0 heterocycles. The second-order valence-corrected chi connectivity index (χ2v) is 3.59. The van der Waals surface area contributed by atoms with Crippen LogP contribution in [-0.4, -0.2) is 30.3 Å². The fourth-order valence-electron chi connectivity index (χ4n) is 1.40. The van der Waals surface area contributed by atoms with Crippen LogP contribution < -0.4 is 0 Å². The molecule has 1 saturated carbocycles. The first-order valence-electron chi connectivity index (χ1n) is 4.28. The topological polar surface area (TPSA) is 20.3 Å². The molecular formula is C10H15NO. The highest BCUT2D eigenvalue weighted by molar-refractivity contribution is 5.93. The number of carbonyl (C=O) groups excluding carboxylic acids is 1. The number of ketones is 1. The Bertz CT molecular complexity index is 240. The Morgan fingerprint density at radius 1 is 1.42 bits per heavy atom. The van der Waals surface area contributed by atoms with Crippen LogP contribution in [0.15, 0.2) is 0 Å². The summed E-state index contributed by atoms with van der Waals surface area (Å²) in [5.74, 6) is 5.66. The highest BCUT2D eigenvalue weighted by Crippen LogP contribution is 2.35. The van der Waals surface area contributed by atoms with Crippen molar-refractivity contribution in [3.8, 4) is 11.8 Å². The van der Waals surface area contributed by atoms with Crippen LogP contribution in [0.2, 0.25) is 0 Å². The number of carbonyl (C=O) groups is 1. The monoisotopic (exact) mass is 165 g/mol. The van der Waals surface area contributed by atoms with E-state index in [-0.39, 0.29) is 11.3 Å². The van der Waals surface area contributed by atoms with Gasteiger partial charge in [-0.15, -0.1) is 0 Å². The molecule has 0 bridgehead atoms. The smallest absolute Gasteiger partial charge is 0.202 e. The fourth-order valence-corrected chi connectivity index (χ4v) is 1.40. The van der Waals surface area contributed by atoms with Crippen molar-refractivity contribution in [1.82, 2.24) is 4.90 Å². The zero-order chi connectivity index (χ0) is 9.19. The van der Waals surface area contributed by atoms with E-state index in [1.54, 1.807) is 0 Å².